The zero-order valence-electron chi connectivity index (χ0n) is 15.9. The molecule has 2 unspecified atom stereocenters. The molecule has 0 saturated heterocycles. The Kier molecular flexibility index (Phi) is 11.9. The first-order valence-corrected chi connectivity index (χ1v) is 9.38. The predicted octanol–water partition coefficient (Wildman–Crippen LogP) is 4.26. The average Bonchev–Trinajstić information content (AvgIpc) is 2.57. The van der Waals surface area contributed by atoms with Crippen molar-refractivity contribution in [2.75, 3.05) is 7.11 Å². The molecule has 0 spiro atoms. The van der Waals surface area contributed by atoms with Gasteiger partial charge in [-0.25, -0.2) is 0 Å². The number of unbranched alkanes of at least 4 members (excludes halogenated alkanes) is 4. The molecule has 0 aromatic rings. The Morgan fingerprint density at radius 3 is 2.00 bits per heavy atom. The van der Waals surface area contributed by atoms with Gasteiger partial charge in [0.1, 0.15) is 0 Å². The van der Waals surface area contributed by atoms with Crippen LogP contribution in [0.25, 0.3) is 0 Å². The van der Waals surface area contributed by atoms with Crippen molar-refractivity contribution in [3.63, 3.8) is 0 Å². The molecule has 0 heterocycles. The van der Waals surface area contributed by atoms with E-state index in [1.807, 2.05) is 13.8 Å². The molecular weight excluding hydrogens is 324 g/mol. The maximum atomic E-state index is 12.6. The van der Waals surface area contributed by atoms with Crippen LogP contribution in [0.3, 0.4) is 0 Å². The van der Waals surface area contributed by atoms with Gasteiger partial charge < -0.3 is 14.9 Å². The van der Waals surface area contributed by atoms with Gasteiger partial charge in [-0.1, -0.05) is 52.4 Å². The second-order valence-electron chi connectivity index (χ2n) is 6.74. The van der Waals surface area contributed by atoms with Crippen LogP contribution in [-0.4, -0.2) is 35.2 Å². The molecule has 146 valence electrons. The van der Waals surface area contributed by atoms with Crippen LogP contribution in [0.2, 0.25) is 0 Å². The zero-order chi connectivity index (χ0) is 19.3. The first-order valence-electron chi connectivity index (χ1n) is 9.38. The lowest BCUT2D eigenvalue weighted by molar-refractivity contribution is -0.167. The zero-order valence-corrected chi connectivity index (χ0v) is 15.9. The number of carboxylic acids is 2. The summed E-state index contributed by atoms with van der Waals surface area (Å²) in [5.74, 6) is -2.98. The molecule has 2 atom stereocenters. The molecule has 0 amide bonds. The second kappa shape index (κ2) is 12.7. The Hall–Kier alpha value is -1.59. The number of carboxylic acid groups (broad SMARTS) is 2. The van der Waals surface area contributed by atoms with E-state index >= 15 is 0 Å². The molecule has 0 aliphatic heterocycles. The van der Waals surface area contributed by atoms with Crippen molar-refractivity contribution in [3.05, 3.63) is 0 Å². The lowest BCUT2D eigenvalue weighted by atomic mass is 9.66. The summed E-state index contributed by atoms with van der Waals surface area (Å²) in [5.41, 5.74) is -1.02. The summed E-state index contributed by atoms with van der Waals surface area (Å²) in [4.78, 5) is 35.2. The fourth-order valence-corrected chi connectivity index (χ4v) is 3.45. The van der Waals surface area contributed by atoms with Crippen molar-refractivity contribution in [3.8, 4) is 0 Å². The Morgan fingerprint density at radius 2 is 1.52 bits per heavy atom. The smallest absolute Gasteiger partial charge is 0.312 e. The highest BCUT2D eigenvalue weighted by Gasteiger charge is 2.48. The Labute approximate surface area is 150 Å². The summed E-state index contributed by atoms with van der Waals surface area (Å²) in [6, 6.07) is 0. The summed E-state index contributed by atoms with van der Waals surface area (Å²) in [5, 5.41) is 18.5. The number of hydrogen-bond donors (Lipinski definition) is 2. The molecule has 0 fully saturated rings. The maximum Gasteiger partial charge on any atom is 0.312 e. The van der Waals surface area contributed by atoms with Crippen LogP contribution in [0, 0.1) is 11.3 Å². The summed E-state index contributed by atoms with van der Waals surface area (Å²) >= 11 is 0. The molecule has 0 bridgehead atoms. The van der Waals surface area contributed by atoms with Crippen LogP contribution in [0.5, 0.6) is 0 Å². The fraction of sp³-hybridized carbons (Fsp3) is 0.842. The first kappa shape index (κ1) is 23.4. The lowest BCUT2D eigenvalue weighted by Gasteiger charge is -2.36. The number of esters is 1. The highest BCUT2D eigenvalue weighted by atomic mass is 16.5. The number of ether oxygens (including phenoxy) is 1. The van der Waals surface area contributed by atoms with E-state index in [1.165, 1.54) is 7.11 Å². The van der Waals surface area contributed by atoms with Crippen LogP contribution in [-0.2, 0) is 19.1 Å². The molecule has 2 N–H and O–H groups in total. The molecule has 0 rings (SSSR count). The minimum Gasteiger partial charge on any atom is -0.481 e. The van der Waals surface area contributed by atoms with E-state index in [2.05, 4.69) is 0 Å². The predicted molar refractivity (Wildman–Crippen MR) is 95.3 cm³/mol. The number of carbonyl (C=O) groups is 3. The largest absolute Gasteiger partial charge is 0.481 e. The molecule has 0 aliphatic carbocycles. The van der Waals surface area contributed by atoms with Crippen molar-refractivity contribution < 1.29 is 29.3 Å². The Bertz CT molecular complexity index is 420. The van der Waals surface area contributed by atoms with Crippen LogP contribution < -0.4 is 0 Å². The van der Waals surface area contributed by atoms with Gasteiger partial charge in [-0.15, -0.1) is 0 Å². The number of hydrogen-bond acceptors (Lipinski definition) is 4. The fourth-order valence-electron chi connectivity index (χ4n) is 3.45. The monoisotopic (exact) mass is 358 g/mol. The van der Waals surface area contributed by atoms with E-state index in [4.69, 9.17) is 9.84 Å². The SMILES string of the molecule is CCCCC(C(=O)O)C(CCCC)(CCCCCC(=O)O)C(=O)OC. The maximum absolute atomic E-state index is 12.6. The molecule has 6 nitrogen and oxygen atoms in total. The minimum absolute atomic E-state index is 0.0956. The van der Waals surface area contributed by atoms with Gasteiger partial charge in [0.25, 0.3) is 0 Å². The molecule has 6 heteroatoms. The lowest BCUT2D eigenvalue weighted by Crippen LogP contribution is -2.43. The number of methoxy groups -OCH3 is 1. The number of aliphatic carboxylic acids is 2. The average molecular weight is 358 g/mol. The summed E-state index contributed by atoms with van der Waals surface area (Å²) in [7, 11) is 1.31. The molecular formula is C19H34O6. The molecule has 0 saturated carbocycles. The summed E-state index contributed by atoms with van der Waals surface area (Å²) < 4.78 is 5.02. The molecule has 0 aromatic heterocycles. The van der Waals surface area contributed by atoms with Crippen LogP contribution in [0.1, 0.15) is 84.5 Å². The topological polar surface area (TPSA) is 101 Å². The van der Waals surface area contributed by atoms with E-state index in [0.29, 0.717) is 38.5 Å². The summed E-state index contributed by atoms with van der Waals surface area (Å²) in [6.45, 7) is 4.01. The van der Waals surface area contributed by atoms with Crippen molar-refractivity contribution >= 4 is 17.9 Å². The quantitative estimate of drug-likeness (QED) is 0.335. The Morgan fingerprint density at radius 1 is 0.920 bits per heavy atom. The van der Waals surface area contributed by atoms with Gasteiger partial charge in [-0.2, -0.15) is 0 Å². The van der Waals surface area contributed by atoms with E-state index in [-0.39, 0.29) is 6.42 Å². The third kappa shape index (κ3) is 7.88. The van der Waals surface area contributed by atoms with Gasteiger partial charge in [0.15, 0.2) is 0 Å². The third-order valence-electron chi connectivity index (χ3n) is 4.89. The van der Waals surface area contributed by atoms with Crippen LogP contribution in [0.4, 0.5) is 0 Å². The molecule has 25 heavy (non-hydrogen) atoms. The van der Waals surface area contributed by atoms with Gasteiger partial charge >= 0.3 is 17.9 Å². The van der Waals surface area contributed by atoms with Gasteiger partial charge in [-0.05, 0) is 25.7 Å². The van der Waals surface area contributed by atoms with E-state index < -0.39 is 29.2 Å². The van der Waals surface area contributed by atoms with Crippen molar-refractivity contribution in [2.45, 2.75) is 84.5 Å². The highest BCUT2D eigenvalue weighted by Crippen LogP contribution is 2.43. The van der Waals surface area contributed by atoms with E-state index in [1.54, 1.807) is 0 Å². The normalized spacial score (nSPS) is 14.5. The first-order chi connectivity index (χ1) is 11.9. The van der Waals surface area contributed by atoms with E-state index in [0.717, 1.165) is 25.7 Å². The number of rotatable bonds is 15. The van der Waals surface area contributed by atoms with Crippen molar-refractivity contribution in [1.82, 2.24) is 0 Å². The third-order valence-corrected chi connectivity index (χ3v) is 4.89. The van der Waals surface area contributed by atoms with Crippen LogP contribution in [0.15, 0.2) is 0 Å². The highest BCUT2D eigenvalue weighted by molar-refractivity contribution is 5.84. The minimum atomic E-state index is -1.02. The second-order valence-corrected chi connectivity index (χ2v) is 6.74. The van der Waals surface area contributed by atoms with Crippen molar-refractivity contribution in [1.29, 1.82) is 0 Å². The van der Waals surface area contributed by atoms with Crippen LogP contribution >= 0.6 is 0 Å². The Balaban J connectivity index is 5.34. The van der Waals surface area contributed by atoms with Gasteiger partial charge in [0.2, 0.25) is 0 Å². The van der Waals surface area contributed by atoms with Gasteiger partial charge in [0, 0.05) is 6.42 Å². The molecule has 0 aromatic carbocycles. The summed E-state index contributed by atoms with van der Waals surface area (Å²) in [6.07, 6.45) is 6.56. The standard InChI is InChI=1S/C19H34O6/c1-4-6-11-15(17(22)23)19(13-7-5-2,18(24)25-3)14-10-8-9-12-16(20)21/h15H,4-14H2,1-3H3,(H,20,21)(H,22,23). The number of carbonyl (C=O) groups excluding carboxylic acids is 1. The molecule has 0 radical (unpaired) electrons. The van der Waals surface area contributed by atoms with Gasteiger partial charge in [-0.3, -0.25) is 14.4 Å². The molecule has 0 aliphatic rings. The van der Waals surface area contributed by atoms with Crippen molar-refractivity contribution in [2.24, 2.45) is 11.3 Å². The van der Waals surface area contributed by atoms with Gasteiger partial charge in [0.05, 0.1) is 18.4 Å². The van der Waals surface area contributed by atoms with E-state index in [9.17, 15) is 19.5 Å².